The van der Waals surface area contributed by atoms with Gasteiger partial charge in [-0.2, -0.15) is 5.10 Å². The van der Waals surface area contributed by atoms with E-state index in [2.05, 4.69) is 24.4 Å². The topological polar surface area (TPSA) is 68.4 Å². The van der Waals surface area contributed by atoms with E-state index in [1.165, 1.54) is 28.5 Å². The number of carbonyl (C=O) groups is 1. The highest BCUT2D eigenvalue weighted by molar-refractivity contribution is 6.30. The lowest BCUT2D eigenvalue weighted by atomic mass is 10.1. The second-order valence-corrected chi connectivity index (χ2v) is 6.82. The van der Waals surface area contributed by atoms with Crippen molar-refractivity contribution in [1.82, 2.24) is 15.1 Å². The summed E-state index contributed by atoms with van der Waals surface area (Å²) < 4.78 is 1.19. The molecule has 1 amide bonds. The maximum Gasteiger partial charge on any atom is 0.267 e. The van der Waals surface area contributed by atoms with Gasteiger partial charge in [-0.15, -0.1) is 0 Å². The Morgan fingerprint density at radius 3 is 2.62 bits per heavy atom. The van der Waals surface area contributed by atoms with Gasteiger partial charge in [0.1, 0.15) is 6.54 Å². The Hall–Kier alpha value is -2.18. The Kier molecular flexibility index (Phi) is 7.81. The minimum absolute atomic E-state index is 0.0890. The first-order valence-corrected chi connectivity index (χ1v) is 9.29. The number of nitrogens with one attached hydrogen (secondary N) is 2. The average Bonchev–Trinajstić information content (AvgIpc) is 2.62. The average molecular weight is 378 g/mol. The van der Waals surface area contributed by atoms with Crippen LogP contribution in [-0.2, 0) is 11.3 Å². The zero-order valence-corrected chi connectivity index (χ0v) is 16.1. The van der Waals surface area contributed by atoms with Crippen molar-refractivity contribution in [2.24, 2.45) is 0 Å². The largest absolute Gasteiger partial charge is 0.349 e. The van der Waals surface area contributed by atoms with Crippen LogP contribution in [0.25, 0.3) is 11.3 Å². The summed E-state index contributed by atoms with van der Waals surface area (Å²) in [5, 5.41) is 7.78. The molecular formula is C19H26ClN4O2+. The molecule has 1 aromatic heterocycles. The van der Waals surface area contributed by atoms with Crippen LogP contribution < -0.4 is 15.8 Å². The third-order valence-corrected chi connectivity index (χ3v) is 4.38. The van der Waals surface area contributed by atoms with Crippen molar-refractivity contribution in [1.29, 1.82) is 0 Å². The number of quaternary nitrogens is 1. The van der Waals surface area contributed by atoms with Gasteiger partial charge in [-0.25, -0.2) is 4.68 Å². The standard InChI is InChI=1S/C19H25ClN4O2/c1-3-4-12-23(2)13-11-21-18(25)14-24-19(26)10-9-17(22-24)15-5-7-16(20)8-6-15/h5-10H,3-4,11-14H2,1-2H3,(H,21,25)/p+1. The van der Waals surface area contributed by atoms with Crippen molar-refractivity contribution in [3.63, 3.8) is 0 Å². The van der Waals surface area contributed by atoms with Gasteiger partial charge in [-0.1, -0.05) is 37.1 Å². The molecule has 7 heteroatoms. The zero-order valence-electron chi connectivity index (χ0n) is 15.3. The van der Waals surface area contributed by atoms with E-state index in [9.17, 15) is 9.59 Å². The maximum atomic E-state index is 12.1. The molecule has 26 heavy (non-hydrogen) atoms. The first-order chi connectivity index (χ1) is 12.5. The number of hydrogen-bond acceptors (Lipinski definition) is 3. The minimum Gasteiger partial charge on any atom is -0.349 e. The molecule has 0 aliphatic heterocycles. The Morgan fingerprint density at radius 2 is 1.92 bits per heavy atom. The molecule has 2 rings (SSSR count). The molecule has 0 radical (unpaired) electrons. The van der Waals surface area contributed by atoms with Gasteiger partial charge in [0.15, 0.2) is 0 Å². The van der Waals surface area contributed by atoms with Crippen LogP contribution in [0.4, 0.5) is 0 Å². The highest BCUT2D eigenvalue weighted by Crippen LogP contribution is 2.18. The number of unbranched alkanes of at least 4 members (excludes halogenated alkanes) is 1. The molecule has 2 N–H and O–H groups in total. The van der Waals surface area contributed by atoms with Crippen LogP contribution in [0.3, 0.4) is 0 Å². The summed E-state index contributed by atoms with van der Waals surface area (Å²) >= 11 is 5.89. The van der Waals surface area contributed by atoms with E-state index in [4.69, 9.17) is 11.6 Å². The third-order valence-electron chi connectivity index (χ3n) is 4.13. The van der Waals surface area contributed by atoms with Gasteiger partial charge in [0.05, 0.1) is 32.4 Å². The lowest BCUT2D eigenvalue weighted by Crippen LogP contribution is -3.09. The summed E-state index contributed by atoms with van der Waals surface area (Å²) in [4.78, 5) is 25.5. The molecule has 1 atom stereocenters. The fourth-order valence-corrected chi connectivity index (χ4v) is 2.67. The molecule has 0 bridgehead atoms. The van der Waals surface area contributed by atoms with E-state index < -0.39 is 0 Å². The fraction of sp³-hybridized carbons (Fsp3) is 0.421. The van der Waals surface area contributed by atoms with Crippen molar-refractivity contribution < 1.29 is 9.69 Å². The van der Waals surface area contributed by atoms with Crippen LogP contribution >= 0.6 is 11.6 Å². The molecule has 0 saturated carbocycles. The van der Waals surface area contributed by atoms with Crippen molar-refractivity contribution in [2.75, 3.05) is 26.7 Å². The van der Waals surface area contributed by atoms with Crippen molar-refractivity contribution in [2.45, 2.75) is 26.3 Å². The zero-order chi connectivity index (χ0) is 18.9. The number of carbonyl (C=O) groups excluding carboxylic acids is 1. The van der Waals surface area contributed by atoms with E-state index >= 15 is 0 Å². The van der Waals surface area contributed by atoms with Gasteiger partial charge in [-0.3, -0.25) is 9.59 Å². The monoisotopic (exact) mass is 377 g/mol. The molecule has 2 aromatic rings. The summed E-state index contributed by atoms with van der Waals surface area (Å²) in [6, 6.07) is 10.2. The number of benzene rings is 1. The van der Waals surface area contributed by atoms with Gasteiger partial charge in [0, 0.05) is 16.7 Å². The smallest absolute Gasteiger partial charge is 0.267 e. The number of hydrogen-bond donors (Lipinski definition) is 2. The molecule has 0 aliphatic rings. The van der Waals surface area contributed by atoms with E-state index in [1.54, 1.807) is 18.2 Å². The van der Waals surface area contributed by atoms with Gasteiger partial charge in [0.25, 0.3) is 5.56 Å². The molecule has 140 valence electrons. The van der Waals surface area contributed by atoms with Crippen molar-refractivity contribution >= 4 is 17.5 Å². The minimum atomic E-state index is -0.302. The third kappa shape index (κ3) is 6.28. The number of aromatic nitrogens is 2. The first-order valence-electron chi connectivity index (χ1n) is 8.91. The number of rotatable bonds is 9. The second kappa shape index (κ2) is 10.1. The van der Waals surface area contributed by atoms with Crippen molar-refractivity contribution in [3.8, 4) is 11.3 Å². The number of nitrogens with zero attached hydrogens (tertiary/aromatic N) is 2. The fourth-order valence-electron chi connectivity index (χ4n) is 2.55. The van der Waals surface area contributed by atoms with Crippen LogP contribution in [0.1, 0.15) is 19.8 Å². The Bertz CT molecular complexity index is 774. The predicted molar refractivity (Wildman–Crippen MR) is 103 cm³/mol. The molecule has 0 spiro atoms. The molecule has 1 aromatic carbocycles. The summed E-state index contributed by atoms with van der Waals surface area (Å²) in [5.41, 5.74) is 1.16. The lowest BCUT2D eigenvalue weighted by Gasteiger charge is -2.14. The van der Waals surface area contributed by atoms with Gasteiger partial charge in [-0.05, 0) is 24.6 Å². The summed E-state index contributed by atoms with van der Waals surface area (Å²) in [5.74, 6) is -0.212. The molecular weight excluding hydrogens is 352 g/mol. The van der Waals surface area contributed by atoms with E-state index in [-0.39, 0.29) is 18.0 Å². The van der Waals surface area contributed by atoms with Crippen LogP contribution in [0.5, 0.6) is 0 Å². The highest BCUT2D eigenvalue weighted by atomic mass is 35.5. The maximum absolute atomic E-state index is 12.1. The molecule has 1 heterocycles. The first kappa shape index (κ1) is 20.1. The van der Waals surface area contributed by atoms with E-state index in [0.717, 1.165) is 18.7 Å². The number of amides is 1. The molecule has 0 fully saturated rings. The lowest BCUT2D eigenvalue weighted by molar-refractivity contribution is -0.878. The molecule has 0 aliphatic carbocycles. The van der Waals surface area contributed by atoms with Gasteiger partial charge in [0.2, 0.25) is 5.91 Å². The van der Waals surface area contributed by atoms with Crippen LogP contribution in [0.15, 0.2) is 41.2 Å². The van der Waals surface area contributed by atoms with Crippen LogP contribution in [0, 0.1) is 0 Å². The number of likely N-dealkylation sites (N-methyl/N-ethyl adjacent to an activating group) is 1. The Balaban J connectivity index is 1.94. The highest BCUT2D eigenvalue weighted by Gasteiger charge is 2.09. The van der Waals surface area contributed by atoms with Crippen LogP contribution in [-0.4, -0.2) is 42.4 Å². The molecule has 0 saturated heterocycles. The molecule has 6 nitrogen and oxygen atoms in total. The Morgan fingerprint density at radius 1 is 1.19 bits per heavy atom. The summed E-state index contributed by atoms with van der Waals surface area (Å²) in [6.07, 6.45) is 2.35. The van der Waals surface area contributed by atoms with Gasteiger partial charge < -0.3 is 10.2 Å². The van der Waals surface area contributed by atoms with E-state index in [1.807, 2.05) is 12.1 Å². The van der Waals surface area contributed by atoms with Gasteiger partial charge >= 0.3 is 0 Å². The normalized spacial score (nSPS) is 12.0. The van der Waals surface area contributed by atoms with Crippen molar-refractivity contribution in [3.05, 3.63) is 51.8 Å². The van der Waals surface area contributed by atoms with Crippen LogP contribution in [0.2, 0.25) is 5.02 Å². The predicted octanol–water partition coefficient (Wildman–Crippen LogP) is 0.995. The summed E-state index contributed by atoms with van der Waals surface area (Å²) in [6.45, 7) is 4.61. The summed E-state index contributed by atoms with van der Waals surface area (Å²) in [7, 11) is 2.11. The Labute approximate surface area is 158 Å². The van der Waals surface area contributed by atoms with E-state index in [0.29, 0.717) is 17.3 Å². The SMILES string of the molecule is CCCC[NH+](C)CCNC(=O)Cn1nc(-c2ccc(Cl)cc2)ccc1=O. The second-order valence-electron chi connectivity index (χ2n) is 6.38. The molecule has 1 unspecified atom stereocenters. The quantitative estimate of drug-likeness (QED) is 0.685. The number of halogens is 1.